The SMILES string of the molecule is Cl.Fc1ccc(Br)c2ccccc12.O=C(c1ccc(F)c2ccccc12)C1CCCN(CC2CC2)C1. The summed E-state index contributed by atoms with van der Waals surface area (Å²) in [5.41, 5.74) is 0.681. The molecule has 2 fully saturated rings. The van der Waals surface area contributed by atoms with Gasteiger partial charge in [-0.25, -0.2) is 8.78 Å². The van der Waals surface area contributed by atoms with Crippen molar-refractivity contribution in [3.05, 3.63) is 94.5 Å². The van der Waals surface area contributed by atoms with Crippen molar-refractivity contribution in [2.75, 3.05) is 19.6 Å². The Morgan fingerprint density at radius 1 is 0.806 bits per heavy atom. The average Bonchev–Trinajstić information content (AvgIpc) is 3.71. The van der Waals surface area contributed by atoms with Crippen LogP contribution in [-0.2, 0) is 0 Å². The number of ketones is 1. The predicted molar refractivity (Wildman–Crippen MR) is 149 cm³/mol. The Labute approximate surface area is 225 Å². The number of Topliss-reactive ketones (excluding diaryl/α,β-unsaturated/α-hetero) is 1. The number of benzene rings is 4. The maximum absolute atomic E-state index is 14.0. The zero-order chi connectivity index (χ0) is 24.4. The molecule has 1 atom stereocenters. The van der Waals surface area contributed by atoms with Crippen LogP contribution in [0.3, 0.4) is 0 Å². The molecule has 0 aromatic heterocycles. The molecule has 2 aliphatic rings. The number of carbonyl (C=O) groups excluding carboxylic acids is 1. The van der Waals surface area contributed by atoms with E-state index in [1.54, 1.807) is 24.3 Å². The van der Waals surface area contributed by atoms with Gasteiger partial charge in [0.25, 0.3) is 0 Å². The number of rotatable bonds is 4. The molecular formula is C30H29BrClF2NO. The second kappa shape index (κ2) is 11.8. The first-order chi connectivity index (χ1) is 17.0. The summed E-state index contributed by atoms with van der Waals surface area (Å²) >= 11 is 3.36. The zero-order valence-corrected chi connectivity index (χ0v) is 22.3. The van der Waals surface area contributed by atoms with E-state index in [2.05, 4.69) is 20.8 Å². The number of piperidine rings is 1. The highest BCUT2D eigenvalue weighted by Gasteiger charge is 2.31. The summed E-state index contributed by atoms with van der Waals surface area (Å²) in [5, 5.41) is 2.87. The van der Waals surface area contributed by atoms with Crippen LogP contribution in [0.1, 0.15) is 36.0 Å². The topological polar surface area (TPSA) is 20.3 Å². The Morgan fingerprint density at radius 3 is 2.03 bits per heavy atom. The van der Waals surface area contributed by atoms with E-state index in [4.69, 9.17) is 0 Å². The van der Waals surface area contributed by atoms with Crippen molar-refractivity contribution in [2.24, 2.45) is 11.8 Å². The second-order valence-corrected chi connectivity index (χ2v) is 10.5. The molecule has 1 heterocycles. The third-order valence-corrected chi connectivity index (χ3v) is 7.74. The van der Waals surface area contributed by atoms with E-state index in [1.165, 1.54) is 25.0 Å². The van der Waals surface area contributed by atoms with E-state index < -0.39 is 0 Å². The molecule has 1 saturated heterocycles. The van der Waals surface area contributed by atoms with E-state index in [9.17, 15) is 13.6 Å². The number of hydrogen-bond donors (Lipinski definition) is 0. The standard InChI is InChI=1S/C20H22FNO.C10H6BrF.ClH/c21-19-10-9-18(16-5-1-2-6-17(16)19)20(23)15-4-3-11-22(13-15)12-14-7-8-14;11-9-5-6-10(12)8-4-2-1-3-7(8)9;/h1-2,5-6,9-10,14-15H,3-4,7-8,11-13H2;1-6H;1H. The molecule has 0 N–H and O–H groups in total. The van der Waals surface area contributed by atoms with Crippen molar-refractivity contribution >= 4 is 55.7 Å². The molecule has 4 aromatic carbocycles. The minimum absolute atomic E-state index is 0. The largest absolute Gasteiger partial charge is 0.302 e. The molecule has 6 rings (SSSR count). The predicted octanol–water partition coefficient (Wildman–Crippen LogP) is 8.45. The van der Waals surface area contributed by atoms with Gasteiger partial charge in [-0.15, -0.1) is 12.4 Å². The molecule has 1 unspecified atom stereocenters. The van der Waals surface area contributed by atoms with Crippen molar-refractivity contribution < 1.29 is 13.6 Å². The van der Waals surface area contributed by atoms with Gasteiger partial charge in [0.15, 0.2) is 5.78 Å². The summed E-state index contributed by atoms with van der Waals surface area (Å²) in [6, 6.07) is 21.0. The maximum atomic E-state index is 14.0. The van der Waals surface area contributed by atoms with Gasteiger partial charge in [-0.1, -0.05) is 64.5 Å². The summed E-state index contributed by atoms with van der Waals surface area (Å²) in [4.78, 5) is 15.5. The molecule has 2 nitrogen and oxygen atoms in total. The number of hydrogen-bond acceptors (Lipinski definition) is 2. The van der Waals surface area contributed by atoms with Gasteiger partial charge in [0.1, 0.15) is 11.6 Å². The molecule has 1 aliphatic heterocycles. The highest BCUT2D eigenvalue weighted by atomic mass is 79.9. The van der Waals surface area contributed by atoms with Crippen molar-refractivity contribution in [1.82, 2.24) is 4.90 Å². The molecule has 0 bridgehead atoms. The fraction of sp³-hybridized carbons (Fsp3) is 0.300. The van der Waals surface area contributed by atoms with E-state index in [-0.39, 0.29) is 35.7 Å². The fourth-order valence-electron chi connectivity index (χ4n) is 5.02. The Kier molecular flexibility index (Phi) is 8.76. The normalized spacial score (nSPS) is 17.8. The van der Waals surface area contributed by atoms with Crippen LogP contribution >= 0.6 is 28.3 Å². The Morgan fingerprint density at radius 2 is 1.39 bits per heavy atom. The number of fused-ring (bicyclic) bond motifs is 2. The first-order valence-electron chi connectivity index (χ1n) is 12.3. The smallest absolute Gasteiger partial charge is 0.167 e. The number of carbonyl (C=O) groups is 1. The van der Waals surface area contributed by atoms with Gasteiger partial charge in [0.2, 0.25) is 0 Å². The first kappa shape index (κ1) is 26.7. The third kappa shape index (κ3) is 5.96. The van der Waals surface area contributed by atoms with E-state index in [0.29, 0.717) is 16.3 Å². The highest BCUT2D eigenvalue weighted by Crippen LogP contribution is 2.32. The van der Waals surface area contributed by atoms with Gasteiger partial charge in [0, 0.05) is 39.8 Å². The van der Waals surface area contributed by atoms with Gasteiger partial charge < -0.3 is 4.90 Å². The first-order valence-corrected chi connectivity index (χ1v) is 13.1. The summed E-state index contributed by atoms with van der Waals surface area (Å²) in [5.74, 6) is 0.665. The van der Waals surface area contributed by atoms with Crippen molar-refractivity contribution in [2.45, 2.75) is 25.7 Å². The average molecular weight is 573 g/mol. The molecule has 36 heavy (non-hydrogen) atoms. The van der Waals surface area contributed by atoms with Crippen molar-refractivity contribution in [3.63, 3.8) is 0 Å². The Hall–Kier alpha value is -2.34. The van der Waals surface area contributed by atoms with Crippen LogP contribution in [0.15, 0.2) is 77.3 Å². The van der Waals surface area contributed by atoms with E-state index in [1.807, 2.05) is 36.4 Å². The molecule has 0 spiro atoms. The number of halogens is 4. The summed E-state index contributed by atoms with van der Waals surface area (Å²) in [7, 11) is 0. The van der Waals surface area contributed by atoms with Crippen LogP contribution in [0.2, 0.25) is 0 Å². The van der Waals surface area contributed by atoms with Crippen molar-refractivity contribution in [3.8, 4) is 0 Å². The lowest BCUT2D eigenvalue weighted by Crippen LogP contribution is -2.39. The van der Waals surface area contributed by atoms with E-state index in [0.717, 1.165) is 53.6 Å². The van der Waals surface area contributed by atoms with Crippen LogP contribution in [0.25, 0.3) is 21.5 Å². The molecule has 6 heteroatoms. The van der Waals surface area contributed by atoms with Crippen LogP contribution < -0.4 is 0 Å². The highest BCUT2D eigenvalue weighted by molar-refractivity contribution is 9.10. The Balaban J connectivity index is 0.000000198. The zero-order valence-electron chi connectivity index (χ0n) is 19.9. The molecule has 1 saturated carbocycles. The van der Waals surface area contributed by atoms with Gasteiger partial charge >= 0.3 is 0 Å². The van der Waals surface area contributed by atoms with Crippen LogP contribution in [0.4, 0.5) is 8.78 Å². The quantitative estimate of drug-likeness (QED) is 0.229. The molecular weight excluding hydrogens is 544 g/mol. The molecule has 0 radical (unpaired) electrons. The lowest BCUT2D eigenvalue weighted by Gasteiger charge is -2.32. The van der Waals surface area contributed by atoms with Gasteiger partial charge in [0.05, 0.1) is 0 Å². The van der Waals surface area contributed by atoms with Crippen LogP contribution in [-0.4, -0.2) is 30.3 Å². The summed E-state index contributed by atoms with van der Waals surface area (Å²) in [6.45, 7) is 3.12. The van der Waals surface area contributed by atoms with Gasteiger partial charge in [-0.2, -0.15) is 0 Å². The monoisotopic (exact) mass is 571 g/mol. The van der Waals surface area contributed by atoms with Crippen LogP contribution in [0.5, 0.6) is 0 Å². The van der Waals surface area contributed by atoms with Gasteiger partial charge in [-0.3, -0.25) is 4.79 Å². The lowest BCUT2D eigenvalue weighted by atomic mass is 9.87. The van der Waals surface area contributed by atoms with Crippen LogP contribution in [0, 0.1) is 23.5 Å². The fourth-order valence-corrected chi connectivity index (χ4v) is 5.50. The minimum Gasteiger partial charge on any atom is -0.302 e. The van der Waals surface area contributed by atoms with E-state index >= 15 is 0 Å². The second-order valence-electron chi connectivity index (χ2n) is 9.62. The Bertz CT molecular complexity index is 1330. The summed E-state index contributed by atoms with van der Waals surface area (Å²) in [6.07, 6.45) is 4.73. The molecule has 4 aromatic rings. The molecule has 0 amide bonds. The molecule has 188 valence electrons. The number of likely N-dealkylation sites (tertiary alicyclic amines) is 1. The number of nitrogens with zero attached hydrogens (tertiary/aromatic N) is 1. The summed E-state index contributed by atoms with van der Waals surface area (Å²) < 4.78 is 28.0. The molecule has 1 aliphatic carbocycles. The maximum Gasteiger partial charge on any atom is 0.167 e. The van der Waals surface area contributed by atoms with Gasteiger partial charge in [-0.05, 0) is 73.2 Å². The lowest BCUT2D eigenvalue weighted by molar-refractivity contribution is 0.0816. The third-order valence-electron chi connectivity index (χ3n) is 7.04. The van der Waals surface area contributed by atoms with Crippen molar-refractivity contribution in [1.29, 1.82) is 0 Å². The minimum atomic E-state index is -0.254.